The Hall–Kier alpha value is -1.59. The third-order valence-corrected chi connectivity index (χ3v) is 3.62. The van der Waals surface area contributed by atoms with E-state index in [1.807, 2.05) is 18.2 Å². The van der Waals surface area contributed by atoms with Crippen LogP contribution in [0, 0.1) is 0 Å². The molecule has 0 saturated carbocycles. The molecule has 110 valence electrons. The van der Waals surface area contributed by atoms with Gasteiger partial charge in [-0.1, -0.05) is 0 Å². The molecular formula is C15H22N2O3. The first-order valence-corrected chi connectivity index (χ1v) is 6.90. The number of nitrogens with two attached hydrogens (primary N) is 1. The second-order valence-corrected chi connectivity index (χ2v) is 4.98. The Labute approximate surface area is 119 Å². The van der Waals surface area contributed by atoms with Crippen LogP contribution in [0.5, 0.6) is 5.75 Å². The Morgan fingerprint density at radius 1 is 1.45 bits per heavy atom. The van der Waals surface area contributed by atoms with Gasteiger partial charge < -0.3 is 20.1 Å². The van der Waals surface area contributed by atoms with E-state index in [1.165, 1.54) is 0 Å². The van der Waals surface area contributed by atoms with Crippen molar-refractivity contribution in [2.75, 3.05) is 32.3 Å². The van der Waals surface area contributed by atoms with Gasteiger partial charge >= 0.3 is 0 Å². The molecule has 0 fully saturated rings. The van der Waals surface area contributed by atoms with Gasteiger partial charge in [-0.05, 0) is 43.0 Å². The van der Waals surface area contributed by atoms with Crippen LogP contribution in [0.25, 0.3) is 0 Å². The zero-order chi connectivity index (χ0) is 14.5. The normalized spacial score (nSPS) is 15.7. The average molecular weight is 278 g/mol. The maximum Gasteiger partial charge on any atom is 0.243 e. The van der Waals surface area contributed by atoms with Crippen LogP contribution in [0.15, 0.2) is 18.2 Å². The van der Waals surface area contributed by atoms with Crippen LogP contribution < -0.4 is 15.4 Å². The minimum absolute atomic E-state index is 0.0341. The summed E-state index contributed by atoms with van der Waals surface area (Å²) in [4.78, 5) is 14.2. The Kier molecular flexibility index (Phi) is 4.98. The lowest BCUT2D eigenvalue weighted by Crippen LogP contribution is -2.46. The highest BCUT2D eigenvalue weighted by Crippen LogP contribution is 2.30. The average Bonchev–Trinajstić information content (AvgIpc) is 2.50. The summed E-state index contributed by atoms with van der Waals surface area (Å²) >= 11 is 0. The molecule has 0 aromatic heterocycles. The first-order chi connectivity index (χ1) is 9.67. The summed E-state index contributed by atoms with van der Waals surface area (Å²) < 4.78 is 10.2. The molecule has 0 saturated heterocycles. The summed E-state index contributed by atoms with van der Waals surface area (Å²) in [5, 5.41) is 0. The van der Waals surface area contributed by atoms with Gasteiger partial charge in [0.05, 0.1) is 13.2 Å². The highest BCUT2D eigenvalue weighted by molar-refractivity contribution is 5.98. The quantitative estimate of drug-likeness (QED) is 0.882. The van der Waals surface area contributed by atoms with Crippen LogP contribution in [0.2, 0.25) is 0 Å². The van der Waals surface area contributed by atoms with Gasteiger partial charge in [-0.3, -0.25) is 4.79 Å². The summed E-state index contributed by atoms with van der Waals surface area (Å²) in [7, 11) is 3.26. The van der Waals surface area contributed by atoms with Crippen molar-refractivity contribution in [1.29, 1.82) is 0 Å². The van der Waals surface area contributed by atoms with Crippen molar-refractivity contribution in [3.05, 3.63) is 23.8 Å². The third kappa shape index (κ3) is 3.11. The maximum absolute atomic E-state index is 12.4. The van der Waals surface area contributed by atoms with Crippen LogP contribution in [-0.2, 0) is 16.0 Å². The number of rotatable bonds is 5. The minimum Gasteiger partial charge on any atom is -0.497 e. The van der Waals surface area contributed by atoms with Crippen LogP contribution >= 0.6 is 0 Å². The van der Waals surface area contributed by atoms with Crippen molar-refractivity contribution in [2.45, 2.75) is 25.3 Å². The first kappa shape index (κ1) is 14.8. The molecule has 1 aliphatic heterocycles. The molecule has 1 atom stereocenters. The molecule has 1 unspecified atom stereocenters. The van der Waals surface area contributed by atoms with E-state index in [2.05, 4.69) is 0 Å². The molecule has 0 radical (unpaired) electrons. The maximum atomic E-state index is 12.4. The van der Waals surface area contributed by atoms with Gasteiger partial charge in [0.15, 0.2) is 0 Å². The van der Waals surface area contributed by atoms with Crippen molar-refractivity contribution < 1.29 is 14.3 Å². The van der Waals surface area contributed by atoms with E-state index in [4.69, 9.17) is 15.2 Å². The molecule has 0 bridgehead atoms. The number of fused-ring (bicyclic) bond motifs is 1. The van der Waals surface area contributed by atoms with Gasteiger partial charge in [0, 0.05) is 25.9 Å². The number of methoxy groups -OCH3 is 2. The number of amides is 1. The van der Waals surface area contributed by atoms with E-state index in [0.29, 0.717) is 13.0 Å². The number of aryl methyl sites for hydroxylation is 1. The predicted molar refractivity (Wildman–Crippen MR) is 78.1 cm³/mol. The molecule has 0 aliphatic carbocycles. The lowest BCUT2D eigenvalue weighted by atomic mass is 10.00. The molecule has 20 heavy (non-hydrogen) atoms. The second-order valence-electron chi connectivity index (χ2n) is 4.98. The molecule has 1 aliphatic rings. The van der Waals surface area contributed by atoms with E-state index >= 15 is 0 Å². The lowest BCUT2D eigenvalue weighted by Gasteiger charge is -2.31. The fraction of sp³-hybridized carbons (Fsp3) is 0.533. The van der Waals surface area contributed by atoms with E-state index in [9.17, 15) is 4.79 Å². The number of carbonyl (C=O) groups is 1. The number of hydrogen-bond acceptors (Lipinski definition) is 4. The molecule has 1 amide bonds. The minimum atomic E-state index is -0.511. The fourth-order valence-electron chi connectivity index (χ4n) is 2.50. The number of anilines is 1. The Bertz CT molecular complexity index is 476. The molecule has 0 spiro atoms. The van der Waals surface area contributed by atoms with Crippen LogP contribution in [0.3, 0.4) is 0 Å². The molecular weight excluding hydrogens is 256 g/mol. The standard InChI is InChI=1S/C15H22N2O3/c1-19-9-7-13(16)15(18)17-8-3-4-11-10-12(20-2)5-6-14(11)17/h5-6,10,13H,3-4,7-9,16H2,1-2H3. The van der Waals surface area contributed by atoms with Crippen molar-refractivity contribution in [3.8, 4) is 5.75 Å². The highest BCUT2D eigenvalue weighted by atomic mass is 16.5. The summed E-state index contributed by atoms with van der Waals surface area (Å²) in [6.45, 7) is 1.22. The smallest absolute Gasteiger partial charge is 0.243 e. The van der Waals surface area contributed by atoms with Crippen molar-refractivity contribution in [2.24, 2.45) is 5.73 Å². The molecule has 1 heterocycles. The van der Waals surface area contributed by atoms with Gasteiger partial charge in [-0.2, -0.15) is 0 Å². The van der Waals surface area contributed by atoms with Gasteiger partial charge in [-0.25, -0.2) is 0 Å². The van der Waals surface area contributed by atoms with Crippen molar-refractivity contribution >= 4 is 11.6 Å². The zero-order valence-electron chi connectivity index (χ0n) is 12.1. The van der Waals surface area contributed by atoms with Crippen LogP contribution in [-0.4, -0.2) is 39.3 Å². The third-order valence-electron chi connectivity index (χ3n) is 3.62. The number of carbonyl (C=O) groups excluding carboxylic acids is 1. The lowest BCUT2D eigenvalue weighted by molar-refractivity contribution is -0.120. The molecule has 5 heteroatoms. The predicted octanol–water partition coefficient (Wildman–Crippen LogP) is 1.34. The fourth-order valence-corrected chi connectivity index (χ4v) is 2.50. The summed E-state index contributed by atoms with van der Waals surface area (Å²) in [6.07, 6.45) is 2.45. The first-order valence-electron chi connectivity index (χ1n) is 6.90. The SMILES string of the molecule is COCCC(N)C(=O)N1CCCc2cc(OC)ccc21. The summed E-state index contributed by atoms with van der Waals surface area (Å²) in [5.74, 6) is 0.787. The van der Waals surface area contributed by atoms with E-state index in [1.54, 1.807) is 19.1 Å². The monoisotopic (exact) mass is 278 g/mol. The molecule has 2 rings (SSSR count). The number of hydrogen-bond donors (Lipinski definition) is 1. The molecule has 5 nitrogen and oxygen atoms in total. The van der Waals surface area contributed by atoms with Crippen LogP contribution in [0.4, 0.5) is 5.69 Å². The Morgan fingerprint density at radius 3 is 2.95 bits per heavy atom. The zero-order valence-corrected chi connectivity index (χ0v) is 12.1. The largest absolute Gasteiger partial charge is 0.497 e. The van der Waals surface area contributed by atoms with E-state index < -0.39 is 6.04 Å². The second kappa shape index (κ2) is 6.72. The molecule has 1 aromatic carbocycles. The van der Waals surface area contributed by atoms with Crippen LogP contribution in [0.1, 0.15) is 18.4 Å². The molecule has 2 N–H and O–H groups in total. The van der Waals surface area contributed by atoms with Crippen molar-refractivity contribution in [1.82, 2.24) is 0 Å². The highest BCUT2D eigenvalue weighted by Gasteiger charge is 2.26. The topological polar surface area (TPSA) is 64.8 Å². The number of benzene rings is 1. The molecule has 1 aromatic rings. The van der Waals surface area contributed by atoms with Crippen molar-refractivity contribution in [3.63, 3.8) is 0 Å². The van der Waals surface area contributed by atoms with E-state index in [-0.39, 0.29) is 5.91 Å². The number of ether oxygens (including phenoxy) is 2. The Balaban J connectivity index is 2.17. The van der Waals surface area contributed by atoms with Gasteiger partial charge in [0.25, 0.3) is 0 Å². The van der Waals surface area contributed by atoms with Gasteiger partial charge in [0.2, 0.25) is 5.91 Å². The van der Waals surface area contributed by atoms with Gasteiger partial charge in [-0.15, -0.1) is 0 Å². The summed E-state index contributed by atoms with van der Waals surface area (Å²) in [5.41, 5.74) is 8.05. The van der Waals surface area contributed by atoms with E-state index in [0.717, 1.165) is 36.4 Å². The Morgan fingerprint density at radius 2 is 2.25 bits per heavy atom. The summed E-state index contributed by atoms with van der Waals surface area (Å²) in [6, 6.07) is 5.30. The number of nitrogens with zero attached hydrogens (tertiary/aromatic N) is 1. The van der Waals surface area contributed by atoms with Gasteiger partial charge in [0.1, 0.15) is 5.75 Å².